The summed E-state index contributed by atoms with van der Waals surface area (Å²) in [6, 6.07) is 13.8. The second-order valence-electron chi connectivity index (χ2n) is 3.72. The molecule has 0 radical (unpaired) electrons. The highest BCUT2D eigenvalue weighted by molar-refractivity contribution is 5.87. The van der Waals surface area contributed by atoms with Crippen molar-refractivity contribution in [2.24, 2.45) is 0 Å². The number of nitrogens with two attached hydrogens (primary N) is 1. The van der Waals surface area contributed by atoms with Crippen molar-refractivity contribution in [1.29, 1.82) is 0 Å². The average molecular weight is 237 g/mol. The zero-order valence-electron chi connectivity index (χ0n) is 9.55. The molecule has 18 heavy (non-hydrogen) atoms. The Hall–Kier alpha value is -2.73. The quantitative estimate of drug-likeness (QED) is 0.591. The number of anilines is 1. The maximum Gasteiger partial charge on any atom is 0.335 e. The first-order valence-electron chi connectivity index (χ1n) is 5.37. The molecule has 0 spiro atoms. The van der Waals surface area contributed by atoms with E-state index in [-0.39, 0.29) is 5.56 Å². The van der Waals surface area contributed by atoms with E-state index in [4.69, 9.17) is 10.8 Å². The first-order valence-corrected chi connectivity index (χ1v) is 5.37. The van der Waals surface area contributed by atoms with Gasteiger partial charge in [-0.1, -0.05) is 24.0 Å². The maximum atomic E-state index is 10.7. The normalized spacial score (nSPS) is 9.33. The van der Waals surface area contributed by atoms with Crippen LogP contribution in [0.1, 0.15) is 21.5 Å². The van der Waals surface area contributed by atoms with Crippen LogP contribution in [0.2, 0.25) is 0 Å². The summed E-state index contributed by atoms with van der Waals surface area (Å²) in [4.78, 5) is 10.7. The minimum Gasteiger partial charge on any atom is -0.478 e. The molecule has 0 atom stereocenters. The Morgan fingerprint density at radius 3 is 2.28 bits per heavy atom. The lowest BCUT2D eigenvalue weighted by molar-refractivity contribution is 0.0697. The van der Waals surface area contributed by atoms with Gasteiger partial charge in [0.15, 0.2) is 0 Å². The third-order valence-electron chi connectivity index (χ3n) is 2.43. The van der Waals surface area contributed by atoms with Crippen LogP contribution in [0.15, 0.2) is 48.5 Å². The van der Waals surface area contributed by atoms with Crippen LogP contribution < -0.4 is 5.73 Å². The van der Waals surface area contributed by atoms with E-state index in [9.17, 15) is 4.79 Å². The van der Waals surface area contributed by atoms with Gasteiger partial charge in [0, 0.05) is 16.8 Å². The molecule has 2 aromatic rings. The minimum absolute atomic E-state index is 0.250. The highest BCUT2D eigenvalue weighted by Gasteiger charge is 2.00. The van der Waals surface area contributed by atoms with Crippen molar-refractivity contribution < 1.29 is 9.90 Å². The molecule has 3 nitrogen and oxygen atoms in total. The highest BCUT2D eigenvalue weighted by Crippen LogP contribution is 2.09. The lowest BCUT2D eigenvalue weighted by atomic mass is 10.1. The van der Waals surface area contributed by atoms with Gasteiger partial charge in [-0.2, -0.15) is 0 Å². The van der Waals surface area contributed by atoms with Gasteiger partial charge >= 0.3 is 5.97 Å². The van der Waals surface area contributed by atoms with Crippen molar-refractivity contribution in [3.8, 4) is 11.8 Å². The Labute approximate surface area is 105 Å². The van der Waals surface area contributed by atoms with Crippen LogP contribution in [-0.2, 0) is 0 Å². The van der Waals surface area contributed by atoms with Crippen LogP contribution in [0.5, 0.6) is 0 Å². The zero-order chi connectivity index (χ0) is 13.0. The van der Waals surface area contributed by atoms with E-state index in [1.807, 2.05) is 18.2 Å². The molecule has 0 fully saturated rings. The molecule has 2 aromatic carbocycles. The summed E-state index contributed by atoms with van der Waals surface area (Å²) in [6.45, 7) is 0. The lowest BCUT2D eigenvalue weighted by Crippen LogP contribution is -1.95. The van der Waals surface area contributed by atoms with Crippen molar-refractivity contribution in [2.75, 3.05) is 5.73 Å². The van der Waals surface area contributed by atoms with Gasteiger partial charge in [0.05, 0.1) is 5.56 Å². The number of nitrogen functional groups attached to an aromatic ring is 1. The van der Waals surface area contributed by atoms with Gasteiger partial charge < -0.3 is 10.8 Å². The van der Waals surface area contributed by atoms with Gasteiger partial charge in [0.25, 0.3) is 0 Å². The van der Waals surface area contributed by atoms with Crippen molar-refractivity contribution in [3.05, 3.63) is 65.2 Å². The number of carboxylic acid groups (broad SMARTS) is 1. The van der Waals surface area contributed by atoms with Crippen molar-refractivity contribution in [3.63, 3.8) is 0 Å². The Kier molecular flexibility index (Phi) is 3.31. The molecule has 3 N–H and O–H groups in total. The minimum atomic E-state index is -0.943. The first kappa shape index (κ1) is 11.7. The van der Waals surface area contributed by atoms with Gasteiger partial charge in [0.2, 0.25) is 0 Å². The van der Waals surface area contributed by atoms with Crippen LogP contribution >= 0.6 is 0 Å². The van der Waals surface area contributed by atoms with Gasteiger partial charge in [-0.3, -0.25) is 0 Å². The summed E-state index contributed by atoms with van der Waals surface area (Å²) >= 11 is 0. The van der Waals surface area contributed by atoms with Gasteiger partial charge in [-0.15, -0.1) is 0 Å². The second kappa shape index (κ2) is 5.07. The number of carboxylic acids is 1. The number of hydrogen-bond donors (Lipinski definition) is 2. The third kappa shape index (κ3) is 2.69. The van der Waals surface area contributed by atoms with Crippen LogP contribution in [-0.4, -0.2) is 11.1 Å². The standard InChI is InChI=1S/C15H11NO2/c16-14-4-2-1-3-12(14)8-5-11-6-9-13(10-7-11)15(17)18/h1-4,6-7,9-10H,16H2,(H,17,18). The van der Waals surface area contributed by atoms with E-state index >= 15 is 0 Å². The van der Waals surface area contributed by atoms with Crippen LogP contribution in [0, 0.1) is 11.8 Å². The summed E-state index contributed by atoms with van der Waals surface area (Å²) in [5.41, 5.74) is 8.17. The third-order valence-corrected chi connectivity index (χ3v) is 2.43. The topological polar surface area (TPSA) is 63.3 Å². The highest BCUT2D eigenvalue weighted by atomic mass is 16.4. The lowest BCUT2D eigenvalue weighted by Gasteiger charge is -1.96. The molecule has 0 aliphatic carbocycles. The van der Waals surface area contributed by atoms with Crippen LogP contribution in [0.4, 0.5) is 5.69 Å². The van der Waals surface area contributed by atoms with Gasteiger partial charge in [-0.05, 0) is 36.4 Å². The molecule has 0 saturated carbocycles. The number of para-hydroxylation sites is 1. The molecular formula is C15H11NO2. The number of carbonyl (C=O) groups is 1. The molecule has 0 aliphatic heterocycles. The van der Waals surface area contributed by atoms with Crippen LogP contribution in [0.3, 0.4) is 0 Å². The van der Waals surface area contributed by atoms with E-state index in [1.165, 1.54) is 12.1 Å². The molecule has 0 aromatic heterocycles. The zero-order valence-corrected chi connectivity index (χ0v) is 9.55. The maximum absolute atomic E-state index is 10.7. The number of hydrogen-bond acceptors (Lipinski definition) is 2. The molecule has 3 heteroatoms. The van der Waals surface area contributed by atoms with Crippen molar-refractivity contribution in [1.82, 2.24) is 0 Å². The van der Waals surface area contributed by atoms with Gasteiger partial charge in [0.1, 0.15) is 0 Å². The van der Waals surface area contributed by atoms with Crippen molar-refractivity contribution >= 4 is 11.7 Å². The van der Waals surface area contributed by atoms with E-state index in [0.29, 0.717) is 5.69 Å². The molecule has 0 saturated heterocycles. The monoisotopic (exact) mass is 237 g/mol. The second-order valence-corrected chi connectivity index (χ2v) is 3.72. The molecule has 0 heterocycles. The largest absolute Gasteiger partial charge is 0.478 e. The molecule has 88 valence electrons. The van der Waals surface area contributed by atoms with Crippen LogP contribution in [0.25, 0.3) is 0 Å². The summed E-state index contributed by atoms with van der Waals surface area (Å²) < 4.78 is 0. The SMILES string of the molecule is Nc1ccccc1C#Cc1ccc(C(=O)O)cc1. The van der Waals surface area contributed by atoms with Crippen molar-refractivity contribution in [2.45, 2.75) is 0 Å². The van der Waals surface area contributed by atoms with E-state index in [0.717, 1.165) is 11.1 Å². The molecular weight excluding hydrogens is 226 g/mol. The molecule has 0 bridgehead atoms. The Balaban J connectivity index is 2.25. The fourth-order valence-corrected chi connectivity index (χ4v) is 1.45. The summed E-state index contributed by atoms with van der Waals surface area (Å²) in [5.74, 6) is 4.96. The predicted octanol–water partition coefficient (Wildman–Crippen LogP) is 2.37. The van der Waals surface area contributed by atoms with E-state index in [2.05, 4.69) is 11.8 Å². The fourth-order valence-electron chi connectivity index (χ4n) is 1.45. The fraction of sp³-hybridized carbons (Fsp3) is 0. The molecule has 2 rings (SSSR count). The number of benzene rings is 2. The van der Waals surface area contributed by atoms with E-state index < -0.39 is 5.97 Å². The Bertz CT molecular complexity index is 634. The summed E-state index contributed by atoms with van der Waals surface area (Å²) in [7, 11) is 0. The predicted molar refractivity (Wildman–Crippen MR) is 70.2 cm³/mol. The first-order chi connectivity index (χ1) is 8.66. The summed E-state index contributed by atoms with van der Waals surface area (Å²) in [6.07, 6.45) is 0. The molecule has 0 amide bonds. The Morgan fingerprint density at radius 2 is 1.67 bits per heavy atom. The Morgan fingerprint density at radius 1 is 1.00 bits per heavy atom. The smallest absolute Gasteiger partial charge is 0.335 e. The van der Waals surface area contributed by atoms with E-state index in [1.54, 1.807) is 18.2 Å². The number of aromatic carboxylic acids is 1. The molecule has 0 aliphatic rings. The number of rotatable bonds is 1. The summed E-state index contributed by atoms with van der Waals surface area (Å²) in [5, 5.41) is 8.77. The average Bonchev–Trinajstić information content (AvgIpc) is 2.38. The van der Waals surface area contributed by atoms with Gasteiger partial charge in [-0.25, -0.2) is 4.79 Å². The molecule has 0 unspecified atom stereocenters.